The van der Waals surface area contributed by atoms with E-state index in [0.717, 1.165) is 27.7 Å². The van der Waals surface area contributed by atoms with Crippen LogP contribution in [0.4, 0.5) is 5.69 Å². The summed E-state index contributed by atoms with van der Waals surface area (Å²) in [6.07, 6.45) is 6.96. The van der Waals surface area contributed by atoms with Gasteiger partial charge in [0, 0.05) is 28.9 Å². The Kier molecular flexibility index (Phi) is 3.55. The zero-order chi connectivity index (χ0) is 15.5. The summed E-state index contributed by atoms with van der Waals surface area (Å²) in [5.74, 6) is 0.00759. The van der Waals surface area contributed by atoms with E-state index in [-0.39, 0.29) is 5.78 Å². The van der Waals surface area contributed by atoms with Crippen LogP contribution >= 0.6 is 0 Å². The predicted molar refractivity (Wildman–Crippen MR) is 87.5 cm³/mol. The minimum Gasteiger partial charge on any atom is -0.346 e. The van der Waals surface area contributed by atoms with Crippen LogP contribution in [0, 0.1) is 6.57 Å². The number of hydrogen-bond acceptors (Lipinski definition) is 2. The highest BCUT2D eigenvalue weighted by Gasteiger charge is 2.06. The molecule has 1 N–H and O–H groups in total. The molecule has 22 heavy (non-hydrogen) atoms. The van der Waals surface area contributed by atoms with Crippen LogP contribution in [0.3, 0.4) is 0 Å². The number of fused-ring (bicyclic) bond motifs is 1. The Balaban J connectivity index is 2.06. The monoisotopic (exact) mass is 287 g/mol. The number of nitrogens with one attached hydrogen (secondary N) is 1. The normalized spacial score (nSPS) is 10.9. The zero-order valence-corrected chi connectivity index (χ0v) is 12.0. The molecule has 4 heteroatoms. The number of aromatic nitrogens is 2. The molecule has 0 aliphatic rings. The van der Waals surface area contributed by atoms with Crippen LogP contribution in [0.1, 0.15) is 12.5 Å². The molecule has 0 unspecified atom stereocenters. The Morgan fingerprint density at radius 1 is 1.27 bits per heavy atom. The van der Waals surface area contributed by atoms with E-state index in [0.29, 0.717) is 5.69 Å². The number of nitrogens with zero attached hydrogens (tertiary/aromatic N) is 2. The van der Waals surface area contributed by atoms with Crippen molar-refractivity contribution in [3.05, 3.63) is 65.8 Å². The molecule has 2 aromatic heterocycles. The van der Waals surface area contributed by atoms with Gasteiger partial charge in [-0.2, -0.15) is 0 Å². The molecular formula is C18H13N3O. The van der Waals surface area contributed by atoms with Crippen molar-refractivity contribution in [1.29, 1.82) is 0 Å². The molecule has 2 heterocycles. The van der Waals surface area contributed by atoms with Gasteiger partial charge in [-0.1, -0.05) is 24.3 Å². The van der Waals surface area contributed by atoms with Crippen LogP contribution in [-0.2, 0) is 4.79 Å². The predicted octanol–water partition coefficient (Wildman–Crippen LogP) is 4.38. The fraction of sp³-hybridized carbons (Fsp3) is 0.0556. The topological polar surface area (TPSA) is 50.1 Å². The third-order valence-electron chi connectivity index (χ3n) is 3.39. The fourth-order valence-corrected chi connectivity index (χ4v) is 2.26. The first-order chi connectivity index (χ1) is 10.7. The number of pyridine rings is 1. The molecule has 0 fully saturated rings. The lowest BCUT2D eigenvalue weighted by Crippen LogP contribution is -1.83. The molecule has 0 aliphatic carbocycles. The van der Waals surface area contributed by atoms with Gasteiger partial charge in [0.1, 0.15) is 5.65 Å². The SMILES string of the molecule is [C-]#[N+]c1ccc(-c2cnc3[nH]cc(/C=C/C(C)=O)c3c2)cc1. The third-order valence-corrected chi connectivity index (χ3v) is 3.39. The van der Waals surface area contributed by atoms with Gasteiger partial charge in [-0.15, -0.1) is 0 Å². The largest absolute Gasteiger partial charge is 0.346 e. The summed E-state index contributed by atoms with van der Waals surface area (Å²) in [5, 5.41) is 0.962. The van der Waals surface area contributed by atoms with Gasteiger partial charge < -0.3 is 4.98 Å². The van der Waals surface area contributed by atoms with Crippen molar-refractivity contribution >= 4 is 28.6 Å². The lowest BCUT2D eigenvalue weighted by atomic mass is 10.1. The van der Waals surface area contributed by atoms with E-state index in [9.17, 15) is 4.79 Å². The van der Waals surface area contributed by atoms with Crippen LogP contribution in [0.25, 0.3) is 33.1 Å². The van der Waals surface area contributed by atoms with Gasteiger partial charge in [-0.3, -0.25) is 4.79 Å². The van der Waals surface area contributed by atoms with Gasteiger partial charge in [-0.25, -0.2) is 9.83 Å². The first-order valence-corrected chi connectivity index (χ1v) is 6.81. The number of hydrogen-bond donors (Lipinski definition) is 1. The first kappa shape index (κ1) is 13.8. The molecule has 0 aliphatic heterocycles. The standard InChI is InChI=1S/C18H13N3O/c1-12(22)3-4-14-10-20-18-17(14)9-15(11-21-18)13-5-7-16(19-2)8-6-13/h3-11H,1H3,(H,20,21)/b4-3+. The van der Waals surface area contributed by atoms with Crippen molar-refractivity contribution in [3.63, 3.8) is 0 Å². The smallest absolute Gasteiger partial charge is 0.187 e. The van der Waals surface area contributed by atoms with Gasteiger partial charge in [0.15, 0.2) is 11.5 Å². The van der Waals surface area contributed by atoms with Crippen molar-refractivity contribution < 1.29 is 4.79 Å². The van der Waals surface area contributed by atoms with Gasteiger partial charge >= 0.3 is 0 Å². The molecular weight excluding hydrogens is 274 g/mol. The van der Waals surface area contributed by atoms with Crippen LogP contribution in [0.15, 0.2) is 48.8 Å². The molecule has 0 saturated heterocycles. The highest BCUT2D eigenvalue weighted by Crippen LogP contribution is 2.26. The molecule has 1 aromatic carbocycles. The summed E-state index contributed by atoms with van der Waals surface area (Å²) in [5.41, 5.74) is 4.30. The Bertz CT molecular complexity index is 912. The molecule has 0 amide bonds. The summed E-state index contributed by atoms with van der Waals surface area (Å²) >= 11 is 0. The molecule has 4 nitrogen and oxygen atoms in total. The number of rotatable bonds is 3. The molecule has 0 radical (unpaired) electrons. The van der Waals surface area contributed by atoms with Crippen molar-refractivity contribution in [2.45, 2.75) is 6.92 Å². The number of carbonyl (C=O) groups excluding carboxylic acids is 1. The number of H-pyrrole nitrogens is 1. The summed E-state index contributed by atoms with van der Waals surface area (Å²) in [7, 11) is 0. The average molecular weight is 287 g/mol. The Labute approximate surface area is 127 Å². The summed E-state index contributed by atoms with van der Waals surface area (Å²) in [6.45, 7) is 8.51. The first-order valence-electron chi connectivity index (χ1n) is 6.81. The lowest BCUT2D eigenvalue weighted by Gasteiger charge is -2.02. The average Bonchev–Trinajstić information content (AvgIpc) is 2.95. The molecule has 0 bridgehead atoms. The number of ketones is 1. The Morgan fingerprint density at radius 3 is 2.73 bits per heavy atom. The van der Waals surface area contributed by atoms with Crippen molar-refractivity contribution in [2.24, 2.45) is 0 Å². The maximum atomic E-state index is 11.1. The molecule has 106 valence electrons. The van der Waals surface area contributed by atoms with Crippen LogP contribution in [0.5, 0.6) is 0 Å². The van der Waals surface area contributed by atoms with E-state index in [4.69, 9.17) is 6.57 Å². The van der Waals surface area contributed by atoms with E-state index in [2.05, 4.69) is 14.8 Å². The van der Waals surface area contributed by atoms with Crippen LogP contribution in [0.2, 0.25) is 0 Å². The molecule has 0 atom stereocenters. The maximum Gasteiger partial charge on any atom is 0.187 e. The minimum atomic E-state index is 0.00759. The Morgan fingerprint density at radius 2 is 2.05 bits per heavy atom. The quantitative estimate of drug-likeness (QED) is 0.574. The van der Waals surface area contributed by atoms with E-state index >= 15 is 0 Å². The summed E-state index contributed by atoms with van der Waals surface area (Å²) in [4.78, 5) is 22.0. The highest BCUT2D eigenvalue weighted by molar-refractivity contribution is 5.96. The van der Waals surface area contributed by atoms with Crippen molar-refractivity contribution in [1.82, 2.24) is 9.97 Å². The molecule has 3 rings (SSSR count). The number of benzene rings is 1. The molecule has 0 saturated carbocycles. The summed E-state index contributed by atoms with van der Waals surface area (Å²) < 4.78 is 0. The third kappa shape index (κ3) is 2.65. The Hall–Kier alpha value is -3.19. The van der Waals surface area contributed by atoms with E-state index in [1.165, 1.54) is 6.92 Å². The van der Waals surface area contributed by atoms with Crippen molar-refractivity contribution in [2.75, 3.05) is 0 Å². The maximum absolute atomic E-state index is 11.1. The fourth-order valence-electron chi connectivity index (χ4n) is 2.26. The second-order valence-corrected chi connectivity index (χ2v) is 4.97. The number of carbonyl (C=O) groups is 1. The van der Waals surface area contributed by atoms with E-state index < -0.39 is 0 Å². The van der Waals surface area contributed by atoms with E-state index in [1.54, 1.807) is 30.5 Å². The second kappa shape index (κ2) is 5.66. The van der Waals surface area contributed by atoms with Gasteiger partial charge in [0.05, 0.1) is 6.57 Å². The zero-order valence-electron chi connectivity index (χ0n) is 12.0. The number of allylic oxidation sites excluding steroid dienone is 1. The lowest BCUT2D eigenvalue weighted by molar-refractivity contribution is -0.112. The molecule has 3 aromatic rings. The molecule has 0 spiro atoms. The second-order valence-electron chi connectivity index (χ2n) is 4.97. The van der Waals surface area contributed by atoms with Gasteiger partial charge in [0.25, 0.3) is 0 Å². The van der Waals surface area contributed by atoms with Gasteiger partial charge in [0.2, 0.25) is 0 Å². The highest BCUT2D eigenvalue weighted by atomic mass is 16.1. The van der Waals surface area contributed by atoms with Gasteiger partial charge in [-0.05, 0) is 30.7 Å². The van der Waals surface area contributed by atoms with Crippen molar-refractivity contribution in [3.8, 4) is 11.1 Å². The van der Waals surface area contributed by atoms with Crippen LogP contribution in [-0.4, -0.2) is 15.8 Å². The van der Waals surface area contributed by atoms with E-state index in [1.807, 2.05) is 24.4 Å². The minimum absolute atomic E-state index is 0.00759. The number of aromatic amines is 1. The summed E-state index contributed by atoms with van der Waals surface area (Å²) in [6, 6.07) is 9.44. The van der Waals surface area contributed by atoms with Crippen LogP contribution < -0.4 is 0 Å².